The number of carbonyl (C=O) groups is 1. The number of nitro benzene ring substituents is 1. The fourth-order valence-corrected chi connectivity index (χ4v) is 1.40. The van der Waals surface area contributed by atoms with Crippen molar-refractivity contribution in [3.8, 4) is 6.07 Å². The Balaban J connectivity index is 2.38. The van der Waals surface area contributed by atoms with E-state index in [-0.39, 0.29) is 5.69 Å². The van der Waals surface area contributed by atoms with Crippen LogP contribution in [0.1, 0.15) is 19.3 Å². The molecule has 0 aliphatic rings. The van der Waals surface area contributed by atoms with Crippen LogP contribution in [-0.2, 0) is 0 Å². The molecule has 0 radical (unpaired) electrons. The maximum Gasteiger partial charge on any atom is 0.319 e. The molecule has 0 aromatic heterocycles. The van der Waals surface area contributed by atoms with Gasteiger partial charge in [0.2, 0.25) is 0 Å². The van der Waals surface area contributed by atoms with Crippen molar-refractivity contribution in [3.05, 3.63) is 34.4 Å². The Kier molecular flexibility index (Phi) is 5.82. The number of carbonyl (C=O) groups excluding carboxylic acids is 1. The van der Waals surface area contributed by atoms with Crippen molar-refractivity contribution >= 4 is 17.4 Å². The molecule has 100 valence electrons. The topological polar surface area (TPSA) is 108 Å². The Morgan fingerprint density at radius 2 is 2.21 bits per heavy atom. The van der Waals surface area contributed by atoms with Crippen LogP contribution >= 0.6 is 0 Å². The second-order valence-corrected chi connectivity index (χ2v) is 3.80. The van der Waals surface area contributed by atoms with Crippen LogP contribution < -0.4 is 10.6 Å². The number of non-ortho nitro benzene ring substituents is 1. The molecule has 19 heavy (non-hydrogen) atoms. The number of urea groups is 1. The third kappa shape index (κ3) is 5.50. The van der Waals surface area contributed by atoms with Crippen molar-refractivity contribution in [3.63, 3.8) is 0 Å². The summed E-state index contributed by atoms with van der Waals surface area (Å²) >= 11 is 0. The number of unbranched alkanes of at least 4 members (excludes halogenated alkanes) is 2. The van der Waals surface area contributed by atoms with Crippen LogP contribution in [0.25, 0.3) is 0 Å². The van der Waals surface area contributed by atoms with E-state index < -0.39 is 11.0 Å². The second kappa shape index (κ2) is 7.66. The maximum absolute atomic E-state index is 11.5. The first-order valence-corrected chi connectivity index (χ1v) is 5.79. The zero-order chi connectivity index (χ0) is 14.1. The Labute approximate surface area is 110 Å². The average Bonchev–Trinajstić information content (AvgIpc) is 2.38. The van der Waals surface area contributed by atoms with E-state index in [1.54, 1.807) is 6.07 Å². The summed E-state index contributed by atoms with van der Waals surface area (Å²) in [6.07, 6.45) is 1.91. The molecule has 1 aromatic carbocycles. The van der Waals surface area contributed by atoms with Gasteiger partial charge >= 0.3 is 6.03 Å². The standard InChI is InChI=1S/C12H14N4O3/c13-7-2-1-3-8-14-12(17)15-10-5-4-6-11(9-10)16(18)19/h4-6,9H,1-3,8H2,(H2,14,15,17). The number of nitriles is 1. The zero-order valence-corrected chi connectivity index (χ0v) is 10.3. The fraction of sp³-hybridized carbons (Fsp3) is 0.333. The molecule has 0 spiro atoms. The lowest BCUT2D eigenvalue weighted by Gasteiger charge is -2.06. The van der Waals surface area contributed by atoms with Crippen molar-refractivity contribution in [2.24, 2.45) is 0 Å². The number of nitrogens with zero attached hydrogens (tertiary/aromatic N) is 2. The van der Waals surface area contributed by atoms with Crippen molar-refractivity contribution in [1.82, 2.24) is 5.32 Å². The molecule has 0 bridgehead atoms. The summed E-state index contributed by atoms with van der Waals surface area (Å²) in [6.45, 7) is 0.461. The summed E-state index contributed by atoms with van der Waals surface area (Å²) < 4.78 is 0. The van der Waals surface area contributed by atoms with E-state index in [2.05, 4.69) is 10.6 Å². The Bertz CT molecular complexity index is 496. The molecule has 2 amide bonds. The minimum absolute atomic E-state index is 0.0770. The summed E-state index contributed by atoms with van der Waals surface area (Å²) in [5, 5.41) is 24.0. The highest BCUT2D eigenvalue weighted by Gasteiger charge is 2.07. The summed E-state index contributed by atoms with van der Waals surface area (Å²) in [7, 11) is 0. The third-order valence-electron chi connectivity index (χ3n) is 2.32. The highest BCUT2D eigenvalue weighted by Crippen LogP contribution is 2.16. The molecular weight excluding hydrogens is 248 g/mol. The van der Waals surface area contributed by atoms with E-state index in [0.717, 1.165) is 12.8 Å². The van der Waals surface area contributed by atoms with Crippen LogP contribution in [0.5, 0.6) is 0 Å². The molecule has 0 aliphatic carbocycles. The van der Waals surface area contributed by atoms with Crippen molar-refractivity contribution in [1.29, 1.82) is 5.26 Å². The number of hydrogen-bond acceptors (Lipinski definition) is 4. The van der Waals surface area contributed by atoms with E-state index >= 15 is 0 Å². The molecule has 0 fully saturated rings. The van der Waals surface area contributed by atoms with Gasteiger partial charge in [-0.25, -0.2) is 4.79 Å². The van der Waals surface area contributed by atoms with Crippen LogP contribution in [0, 0.1) is 21.4 Å². The van der Waals surface area contributed by atoms with E-state index in [4.69, 9.17) is 5.26 Å². The fourth-order valence-electron chi connectivity index (χ4n) is 1.40. The molecule has 1 rings (SSSR count). The minimum Gasteiger partial charge on any atom is -0.338 e. The quantitative estimate of drug-likeness (QED) is 0.466. The van der Waals surface area contributed by atoms with E-state index in [1.807, 2.05) is 6.07 Å². The second-order valence-electron chi connectivity index (χ2n) is 3.80. The van der Waals surface area contributed by atoms with Crippen molar-refractivity contribution in [2.45, 2.75) is 19.3 Å². The van der Waals surface area contributed by atoms with Gasteiger partial charge in [0.05, 0.1) is 11.0 Å². The number of anilines is 1. The first-order chi connectivity index (χ1) is 9.13. The monoisotopic (exact) mass is 262 g/mol. The molecule has 2 N–H and O–H groups in total. The molecule has 0 unspecified atom stereocenters. The SMILES string of the molecule is N#CCCCCNC(=O)Nc1cccc([N+](=O)[O-])c1. The Morgan fingerprint density at radius 3 is 2.89 bits per heavy atom. The van der Waals surface area contributed by atoms with Gasteiger partial charge in [-0.1, -0.05) is 6.07 Å². The van der Waals surface area contributed by atoms with Crippen LogP contribution in [0.2, 0.25) is 0 Å². The molecule has 0 saturated carbocycles. The summed E-state index contributed by atoms with van der Waals surface area (Å²) in [5.41, 5.74) is 0.288. The third-order valence-corrected chi connectivity index (χ3v) is 2.32. The van der Waals surface area contributed by atoms with Crippen LogP contribution in [0.3, 0.4) is 0 Å². The van der Waals surface area contributed by atoms with Crippen LogP contribution in [0.15, 0.2) is 24.3 Å². The van der Waals surface area contributed by atoms with Crippen molar-refractivity contribution < 1.29 is 9.72 Å². The molecule has 0 aliphatic heterocycles. The largest absolute Gasteiger partial charge is 0.338 e. The number of rotatable bonds is 6. The van der Waals surface area contributed by atoms with Gasteiger partial charge in [-0.3, -0.25) is 10.1 Å². The molecule has 0 saturated heterocycles. The zero-order valence-electron chi connectivity index (χ0n) is 10.3. The lowest BCUT2D eigenvalue weighted by atomic mass is 10.2. The molecule has 7 nitrogen and oxygen atoms in total. The Morgan fingerprint density at radius 1 is 1.42 bits per heavy atom. The maximum atomic E-state index is 11.5. The first kappa shape index (κ1) is 14.4. The predicted molar refractivity (Wildman–Crippen MR) is 69.6 cm³/mol. The highest BCUT2D eigenvalue weighted by molar-refractivity contribution is 5.89. The number of hydrogen-bond donors (Lipinski definition) is 2. The van der Waals surface area contributed by atoms with Crippen LogP contribution in [0.4, 0.5) is 16.2 Å². The van der Waals surface area contributed by atoms with E-state index in [0.29, 0.717) is 18.7 Å². The van der Waals surface area contributed by atoms with Gasteiger partial charge in [0.1, 0.15) is 0 Å². The summed E-state index contributed by atoms with van der Waals surface area (Å²) in [6, 6.07) is 7.31. The predicted octanol–water partition coefficient (Wildman–Crippen LogP) is 2.41. The van der Waals surface area contributed by atoms with Gasteiger partial charge in [-0.15, -0.1) is 0 Å². The molecule has 0 atom stereocenters. The summed E-state index contributed by atoms with van der Waals surface area (Å²) in [4.78, 5) is 21.5. The number of benzene rings is 1. The highest BCUT2D eigenvalue weighted by atomic mass is 16.6. The smallest absolute Gasteiger partial charge is 0.319 e. The minimum atomic E-state index is -0.523. The van der Waals surface area contributed by atoms with Gasteiger partial charge in [0.25, 0.3) is 5.69 Å². The summed E-state index contributed by atoms with van der Waals surface area (Å²) in [5.74, 6) is 0. The van der Waals surface area contributed by atoms with E-state index in [1.165, 1.54) is 18.2 Å². The lowest BCUT2D eigenvalue weighted by molar-refractivity contribution is -0.384. The van der Waals surface area contributed by atoms with E-state index in [9.17, 15) is 14.9 Å². The van der Waals surface area contributed by atoms with Gasteiger partial charge < -0.3 is 10.6 Å². The molecule has 1 aromatic rings. The molecule has 7 heteroatoms. The first-order valence-electron chi connectivity index (χ1n) is 5.79. The van der Waals surface area contributed by atoms with Crippen LogP contribution in [-0.4, -0.2) is 17.5 Å². The van der Waals surface area contributed by atoms with Gasteiger partial charge in [-0.05, 0) is 18.9 Å². The lowest BCUT2D eigenvalue weighted by Crippen LogP contribution is -2.29. The number of amides is 2. The van der Waals surface area contributed by atoms with Crippen molar-refractivity contribution in [2.75, 3.05) is 11.9 Å². The Hall–Kier alpha value is -2.62. The van der Waals surface area contributed by atoms with Gasteiger partial charge in [-0.2, -0.15) is 5.26 Å². The number of nitro groups is 1. The number of nitrogens with one attached hydrogen (secondary N) is 2. The average molecular weight is 262 g/mol. The van der Waals surface area contributed by atoms with Gasteiger partial charge in [0.15, 0.2) is 0 Å². The normalized spacial score (nSPS) is 9.42. The molecule has 0 heterocycles. The molecular formula is C12H14N4O3. The van der Waals surface area contributed by atoms with Gasteiger partial charge in [0, 0.05) is 30.8 Å².